The van der Waals surface area contributed by atoms with Crippen LogP contribution < -0.4 is 0 Å². The van der Waals surface area contributed by atoms with Gasteiger partial charge in [-0.25, -0.2) is 14.5 Å². The van der Waals surface area contributed by atoms with Crippen LogP contribution in [0.3, 0.4) is 0 Å². The molecule has 0 saturated heterocycles. The molecule has 0 unspecified atom stereocenters. The minimum Gasteiger partial charge on any atom is -0.465 e. The molecule has 22 heavy (non-hydrogen) atoms. The Balaban J connectivity index is 1.94. The van der Waals surface area contributed by atoms with E-state index in [1.165, 1.54) is 13.3 Å². The van der Waals surface area contributed by atoms with Crippen molar-refractivity contribution >= 4 is 5.97 Å². The van der Waals surface area contributed by atoms with E-state index in [-0.39, 0.29) is 5.97 Å². The number of pyridine rings is 2. The maximum atomic E-state index is 11.6. The number of nitrogens with zero attached hydrogens (tertiary/aromatic N) is 4. The molecular weight excluding hydrogens is 280 g/mol. The Labute approximate surface area is 127 Å². The van der Waals surface area contributed by atoms with Crippen molar-refractivity contribution in [2.24, 2.45) is 0 Å². The fraction of sp³-hybridized carbons (Fsp3) is 0.125. The van der Waals surface area contributed by atoms with Crippen LogP contribution in [0.4, 0.5) is 0 Å². The molecule has 0 N–H and O–H groups in total. The van der Waals surface area contributed by atoms with Crippen LogP contribution in [-0.4, -0.2) is 32.8 Å². The highest BCUT2D eigenvalue weighted by Crippen LogP contribution is 2.20. The van der Waals surface area contributed by atoms with Gasteiger partial charge in [-0.15, -0.1) is 0 Å². The summed E-state index contributed by atoms with van der Waals surface area (Å²) in [6.45, 7) is 1.85. The average molecular weight is 294 g/mol. The van der Waals surface area contributed by atoms with Gasteiger partial charge in [0, 0.05) is 24.2 Å². The van der Waals surface area contributed by atoms with Gasteiger partial charge in [-0.2, -0.15) is 5.10 Å². The second-order valence-corrected chi connectivity index (χ2v) is 4.74. The van der Waals surface area contributed by atoms with E-state index in [1.807, 2.05) is 37.4 Å². The van der Waals surface area contributed by atoms with Crippen molar-refractivity contribution in [3.8, 4) is 17.1 Å². The number of carbonyl (C=O) groups excluding carboxylic acids is 1. The molecule has 3 aromatic rings. The lowest BCUT2D eigenvalue weighted by Gasteiger charge is -2.04. The summed E-state index contributed by atoms with van der Waals surface area (Å²) in [5, 5.41) is 4.29. The van der Waals surface area contributed by atoms with Crippen LogP contribution in [0, 0.1) is 6.92 Å². The van der Waals surface area contributed by atoms with Gasteiger partial charge in [-0.3, -0.25) is 4.98 Å². The van der Waals surface area contributed by atoms with Crippen molar-refractivity contribution < 1.29 is 9.53 Å². The predicted molar refractivity (Wildman–Crippen MR) is 80.7 cm³/mol. The first-order valence-corrected chi connectivity index (χ1v) is 6.70. The SMILES string of the molecule is COC(=O)c1cnc(-c2cnn(-c3ccccn3)c2)cc1C. The Morgan fingerprint density at radius 1 is 1.23 bits per heavy atom. The van der Waals surface area contributed by atoms with E-state index in [1.54, 1.807) is 17.1 Å². The van der Waals surface area contributed by atoms with Crippen molar-refractivity contribution in [1.29, 1.82) is 0 Å². The van der Waals surface area contributed by atoms with Crippen LogP contribution in [0.2, 0.25) is 0 Å². The maximum Gasteiger partial charge on any atom is 0.339 e. The summed E-state index contributed by atoms with van der Waals surface area (Å²) in [4.78, 5) is 20.1. The molecule has 0 saturated carbocycles. The fourth-order valence-corrected chi connectivity index (χ4v) is 2.11. The third-order valence-corrected chi connectivity index (χ3v) is 3.28. The van der Waals surface area contributed by atoms with Crippen LogP contribution in [0.15, 0.2) is 49.1 Å². The van der Waals surface area contributed by atoms with Crippen molar-refractivity contribution in [3.05, 3.63) is 60.2 Å². The van der Waals surface area contributed by atoms with Crippen molar-refractivity contribution in [2.75, 3.05) is 7.11 Å². The van der Waals surface area contributed by atoms with Gasteiger partial charge in [0.2, 0.25) is 0 Å². The maximum absolute atomic E-state index is 11.6. The molecule has 0 aromatic carbocycles. The molecule has 6 heteroatoms. The number of hydrogen-bond donors (Lipinski definition) is 0. The van der Waals surface area contributed by atoms with Crippen LogP contribution in [0.5, 0.6) is 0 Å². The van der Waals surface area contributed by atoms with Gasteiger partial charge in [0.25, 0.3) is 0 Å². The summed E-state index contributed by atoms with van der Waals surface area (Å²) < 4.78 is 6.40. The largest absolute Gasteiger partial charge is 0.465 e. The number of aromatic nitrogens is 4. The number of esters is 1. The second-order valence-electron chi connectivity index (χ2n) is 4.74. The molecule has 3 aromatic heterocycles. The highest BCUT2D eigenvalue weighted by atomic mass is 16.5. The Kier molecular flexibility index (Phi) is 3.65. The molecule has 0 spiro atoms. The van der Waals surface area contributed by atoms with E-state index >= 15 is 0 Å². The third kappa shape index (κ3) is 2.58. The minimum atomic E-state index is -0.388. The molecule has 0 aliphatic heterocycles. The van der Waals surface area contributed by atoms with Gasteiger partial charge in [-0.05, 0) is 30.7 Å². The minimum absolute atomic E-state index is 0.388. The van der Waals surface area contributed by atoms with Gasteiger partial charge < -0.3 is 4.74 Å². The Morgan fingerprint density at radius 2 is 2.09 bits per heavy atom. The first-order chi connectivity index (χ1) is 10.7. The topological polar surface area (TPSA) is 69.9 Å². The molecule has 0 aliphatic carbocycles. The van der Waals surface area contributed by atoms with E-state index in [0.29, 0.717) is 5.56 Å². The van der Waals surface area contributed by atoms with Crippen molar-refractivity contribution in [2.45, 2.75) is 6.92 Å². The molecule has 0 amide bonds. The molecule has 0 fully saturated rings. The quantitative estimate of drug-likeness (QED) is 0.694. The number of methoxy groups -OCH3 is 1. The summed E-state index contributed by atoms with van der Waals surface area (Å²) in [7, 11) is 1.35. The number of rotatable bonds is 3. The number of aryl methyl sites for hydroxylation is 1. The Morgan fingerprint density at radius 3 is 2.77 bits per heavy atom. The van der Waals surface area contributed by atoms with Crippen LogP contribution in [-0.2, 0) is 4.74 Å². The lowest BCUT2D eigenvalue weighted by atomic mass is 10.1. The van der Waals surface area contributed by atoms with Crippen molar-refractivity contribution in [1.82, 2.24) is 19.7 Å². The smallest absolute Gasteiger partial charge is 0.339 e. The fourth-order valence-electron chi connectivity index (χ4n) is 2.11. The molecule has 0 atom stereocenters. The standard InChI is InChI=1S/C16H14N4O2/c1-11-7-14(18-9-13(11)16(21)22-2)12-8-19-20(10-12)15-5-3-4-6-17-15/h3-10H,1-2H3. The number of hydrogen-bond acceptors (Lipinski definition) is 5. The summed E-state index contributed by atoms with van der Waals surface area (Å²) in [5.74, 6) is 0.345. The zero-order valence-electron chi connectivity index (χ0n) is 12.2. The molecule has 3 heterocycles. The average Bonchev–Trinajstić information content (AvgIpc) is 3.05. The van der Waals surface area contributed by atoms with Crippen LogP contribution >= 0.6 is 0 Å². The lowest BCUT2D eigenvalue weighted by Crippen LogP contribution is -2.04. The van der Waals surface area contributed by atoms with Crippen molar-refractivity contribution in [3.63, 3.8) is 0 Å². The summed E-state index contributed by atoms with van der Waals surface area (Å²) in [6, 6.07) is 7.46. The first-order valence-electron chi connectivity index (χ1n) is 6.70. The van der Waals surface area contributed by atoms with E-state index in [2.05, 4.69) is 15.1 Å². The van der Waals surface area contributed by atoms with Crippen LogP contribution in [0.25, 0.3) is 17.1 Å². The van der Waals surface area contributed by atoms with Gasteiger partial charge in [0.1, 0.15) is 0 Å². The molecule has 110 valence electrons. The summed E-state index contributed by atoms with van der Waals surface area (Å²) in [6.07, 6.45) is 6.80. The normalized spacial score (nSPS) is 10.5. The molecule has 6 nitrogen and oxygen atoms in total. The van der Waals surface area contributed by atoms with Crippen LogP contribution in [0.1, 0.15) is 15.9 Å². The molecule has 0 radical (unpaired) electrons. The van der Waals surface area contributed by atoms with E-state index < -0.39 is 0 Å². The van der Waals surface area contributed by atoms with Gasteiger partial charge in [0.05, 0.1) is 24.6 Å². The van der Waals surface area contributed by atoms with Gasteiger partial charge >= 0.3 is 5.97 Å². The van der Waals surface area contributed by atoms with Gasteiger partial charge in [-0.1, -0.05) is 6.07 Å². The highest BCUT2D eigenvalue weighted by molar-refractivity contribution is 5.91. The second kappa shape index (κ2) is 5.77. The Hall–Kier alpha value is -3.02. The van der Waals surface area contributed by atoms with E-state index in [0.717, 1.165) is 22.6 Å². The van der Waals surface area contributed by atoms with Gasteiger partial charge in [0.15, 0.2) is 5.82 Å². The Bertz CT molecular complexity index is 812. The zero-order chi connectivity index (χ0) is 15.5. The molecule has 0 bridgehead atoms. The predicted octanol–water partition coefficient (Wildman–Crippen LogP) is 2.42. The summed E-state index contributed by atoms with van der Waals surface area (Å²) in [5.41, 5.74) is 2.86. The summed E-state index contributed by atoms with van der Waals surface area (Å²) >= 11 is 0. The van der Waals surface area contributed by atoms with E-state index in [9.17, 15) is 4.79 Å². The highest BCUT2D eigenvalue weighted by Gasteiger charge is 2.12. The molecule has 3 rings (SSSR count). The number of carbonyl (C=O) groups is 1. The lowest BCUT2D eigenvalue weighted by molar-refractivity contribution is 0.0599. The van der Waals surface area contributed by atoms with E-state index in [4.69, 9.17) is 4.74 Å². The zero-order valence-corrected chi connectivity index (χ0v) is 12.2. The monoisotopic (exact) mass is 294 g/mol. The molecular formula is C16H14N4O2. The number of ether oxygens (including phenoxy) is 1. The third-order valence-electron chi connectivity index (χ3n) is 3.28. The molecule has 0 aliphatic rings. The first kappa shape index (κ1) is 13.9.